The van der Waals surface area contributed by atoms with Crippen LogP contribution in [0.1, 0.15) is 43.4 Å². The molecular weight excluding hydrogens is 376 g/mol. The molecule has 3 N–H and O–H groups in total. The van der Waals surface area contributed by atoms with Crippen molar-refractivity contribution in [3.63, 3.8) is 0 Å². The largest absolute Gasteiger partial charge is 0.373 e. The molecule has 2 atom stereocenters. The summed E-state index contributed by atoms with van der Waals surface area (Å²) in [7, 11) is -3.13. The fraction of sp³-hybridized carbons (Fsp3) is 0.650. The molecule has 0 bridgehead atoms. The summed E-state index contributed by atoms with van der Waals surface area (Å²) in [6, 6.07) is 8.56. The highest BCUT2D eigenvalue weighted by molar-refractivity contribution is 7.88. The Bertz CT molecular complexity index is 719. The predicted octanol–water partition coefficient (Wildman–Crippen LogP) is 1.96. The van der Waals surface area contributed by atoms with Gasteiger partial charge in [0, 0.05) is 38.7 Å². The molecule has 2 rings (SSSR count). The zero-order valence-electron chi connectivity index (χ0n) is 17.2. The zero-order valence-corrected chi connectivity index (χ0v) is 18.0. The molecule has 8 heteroatoms. The summed E-state index contributed by atoms with van der Waals surface area (Å²) in [6.07, 6.45) is 4.10. The minimum Gasteiger partial charge on any atom is -0.373 e. The number of aliphatic imine (C=N–C) groups is 1. The Hall–Kier alpha value is -1.64. The van der Waals surface area contributed by atoms with Crippen molar-refractivity contribution < 1.29 is 13.2 Å². The van der Waals surface area contributed by atoms with E-state index in [-0.39, 0.29) is 6.10 Å². The number of hydrogen-bond donors (Lipinski definition) is 3. The number of guanidine groups is 1. The van der Waals surface area contributed by atoms with Crippen LogP contribution in [-0.2, 0) is 14.8 Å². The van der Waals surface area contributed by atoms with Gasteiger partial charge in [0.1, 0.15) is 0 Å². The van der Waals surface area contributed by atoms with E-state index in [1.807, 2.05) is 6.92 Å². The van der Waals surface area contributed by atoms with Gasteiger partial charge in [0.15, 0.2) is 5.96 Å². The third-order valence-electron chi connectivity index (χ3n) is 4.69. The zero-order chi connectivity index (χ0) is 20.4. The van der Waals surface area contributed by atoms with Crippen molar-refractivity contribution in [2.24, 2.45) is 10.9 Å². The number of aryl methyl sites for hydroxylation is 1. The Kier molecular flexibility index (Phi) is 9.21. The van der Waals surface area contributed by atoms with Gasteiger partial charge in [0.05, 0.1) is 12.4 Å². The van der Waals surface area contributed by atoms with E-state index in [4.69, 9.17) is 9.73 Å². The summed E-state index contributed by atoms with van der Waals surface area (Å²) in [5.41, 5.74) is 2.47. The topological polar surface area (TPSA) is 91.8 Å². The van der Waals surface area contributed by atoms with Crippen LogP contribution in [0.25, 0.3) is 0 Å². The second kappa shape index (κ2) is 11.4. The number of benzene rings is 1. The van der Waals surface area contributed by atoms with Crippen LogP contribution in [0.15, 0.2) is 29.3 Å². The van der Waals surface area contributed by atoms with Gasteiger partial charge in [0.2, 0.25) is 10.0 Å². The normalized spacial score (nSPS) is 20.8. The Morgan fingerprint density at radius 3 is 2.64 bits per heavy atom. The number of nitrogens with one attached hydrogen (secondary N) is 3. The third-order valence-corrected chi connectivity index (χ3v) is 5.42. The Labute approximate surface area is 169 Å². The molecule has 1 aliphatic rings. The monoisotopic (exact) mass is 410 g/mol. The lowest BCUT2D eigenvalue weighted by Gasteiger charge is -2.31. The number of ether oxygens (including phenoxy) is 1. The molecule has 0 spiro atoms. The molecule has 1 fully saturated rings. The van der Waals surface area contributed by atoms with Crippen LogP contribution in [0.5, 0.6) is 0 Å². The van der Waals surface area contributed by atoms with E-state index in [9.17, 15) is 8.42 Å². The van der Waals surface area contributed by atoms with Crippen LogP contribution in [0, 0.1) is 12.8 Å². The highest BCUT2D eigenvalue weighted by Gasteiger charge is 2.27. The summed E-state index contributed by atoms with van der Waals surface area (Å²) in [6.45, 7) is 7.44. The second-order valence-corrected chi connectivity index (χ2v) is 9.10. The van der Waals surface area contributed by atoms with Crippen molar-refractivity contribution in [3.05, 3.63) is 35.4 Å². The van der Waals surface area contributed by atoms with Crippen molar-refractivity contribution >= 4 is 16.0 Å². The summed E-state index contributed by atoms with van der Waals surface area (Å²) in [4.78, 5) is 4.75. The minimum absolute atomic E-state index is 0.0833. The molecular formula is C20H34N4O3S. The van der Waals surface area contributed by atoms with Crippen LogP contribution in [0.2, 0.25) is 0 Å². The van der Waals surface area contributed by atoms with Crippen LogP contribution in [0.3, 0.4) is 0 Å². The number of hydrogen-bond acceptors (Lipinski definition) is 4. The van der Waals surface area contributed by atoms with E-state index >= 15 is 0 Å². The fourth-order valence-electron chi connectivity index (χ4n) is 3.26. The number of rotatable bonds is 9. The van der Waals surface area contributed by atoms with Crippen molar-refractivity contribution in [1.29, 1.82) is 0 Å². The summed E-state index contributed by atoms with van der Waals surface area (Å²) in [5.74, 6) is 1.11. The lowest BCUT2D eigenvalue weighted by Crippen LogP contribution is -2.39. The van der Waals surface area contributed by atoms with Gasteiger partial charge >= 0.3 is 0 Å². The second-order valence-electron chi connectivity index (χ2n) is 7.27. The van der Waals surface area contributed by atoms with Gasteiger partial charge in [0.25, 0.3) is 0 Å². The fourth-order valence-corrected chi connectivity index (χ4v) is 3.77. The quantitative estimate of drug-likeness (QED) is 0.329. The van der Waals surface area contributed by atoms with E-state index in [0.717, 1.165) is 32.0 Å². The summed E-state index contributed by atoms with van der Waals surface area (Å²) >= 11 is 0. The first-order chi connectivity index (χ1) is 13.4. The molecule has 0 aliphatic carbocycles. The first-order valence-electron chi connectivity index (χ1n) is 10.0. The molecule has 0 radical (unpaired) electrons. The molecule has 0 amide bonds. The molecule has 28 heavy (non-hydrogen) atoms. The van der Waals surface area contributed by atoms with E-state index in [2.05, 4.69) is 46.5 Å². The molecule has 1 aromatic rings. The number of nitrogens with zero attached hydrogens (tertiary/aromatic N) is 1. The van der Waals surface area contributed by atoms with Gasteiger partial charge in [-0.05, 0) is 38.7 Å². The van der Waals surface area contributed by atoms with Crippen LogP contribution < -0.4 is 15.4 Å². The van der Waals surface area contributed by atoms with Crippen LogP contribution in [-0.4, -0.2) is 53.4 Å². The van der Waals surface area contributed by atoms with E-state index in [1.54, 1.807) is 0 Å². The first-order valence-corrected chi connectivity index (χ1v) is 11.9. The van der Waals surface area contributed by atoms with Gasteiger partial charge in [-0.15, -0.1) is 0 Å². The molecule has 1 heterocycles. The van der Waals surface area contributed by atoms with Gasteiger partial charge in [-0.3, -0.25) is 4.99 Å². The highest BCUT2D eigenvalue weighted by atomic mass is 32.2. The molecule has 1 aliphatic heterocycles. The van der Waals surface area contributed by atoms with Gasteiger partial charge in [-0.25, -0.2) is 13.1 Å². The average Bonchev–Trinajstić information content (AvgIpc) is 2.66. The molecule has 2 unspecified atom stereocenters. The molecule has 0 aromatic heterocycles. The van der Waals surface area contributed by atoms with E-state index < -0.39 is 10.0 Å². The summed E-state index contributed by atoms with van der Waals surface area (Å²) in [5, 5.41) is 6.52. The van der Waals surface area contributed by atoms with E-state index in [0.29, 0.717) is 32.0 Å². The highest BCUT2D eigenvalue weighted by Crippen LogP contribution is 2.33. The maximum absolute atomic E-state index is 11.1. The first kappa shape index (κ1) is 22.6. The van der Waals surface area contributed by atoms with Gasteiger partial charge < -0.3 is 15.4 Å². The van der Waals surface area contributed by atoms with Crippen molar-refractivity contribution in [1.82, 2.24) is 15.4 Å². The van der Waals surface area contributed by atoms with Gasteiger partial charge in [-0.2, -0.15) is 0 Å². The predicted molar refractivity (Wildman–Crippen MR) is 114 cm³/mol. The van der Waals surface area contributed by atoms with E-state index in [1.165, 1.54) is 17.4 Å². The molecule has 158 valence electrons. The Morgan fingerprint density at radius 1 is 1.21 bits per heavy atom. The molecule has 1 saturated heterocycles. The van der Waals surface area contributed by atoms with Crippen molar-refractivity contribution in [3.8, 4) is 0 Å². The molecule has 1 aromatic carbocycles. The third kappa shape index (κ3) is 8.16. The Morgan fingerprint density at radius 2 is 1.96 bits per heavy atom. The minimum atomic E-state index is -3.13. The maximum atomic E-state index is 11.1. The lowest BCUT2D eigenvalue weighted by atomic mass is 9.89. The summed E-state index contributed by atoms with van der Waals surface area (Å²) < 4.78 is 30.8. The molecule has 0 saturated carbocycles. The van der Waals surface area contributed by atoms with Crippen molar-refractivity contribution in [2.75, 3.05) is 39.0 Å². The standard InChI is InChI=1S/C20H34N4O3S/c1-4-21-20(22-12-6-13-24-28(3,25)26)23-15-18-7-5-14-27-19(18)17-10-8-16(2)9-11-17/h8-11,18-19,24H,4-7,12-15H2,1-3H3,(H2,21,22,23). The maximum Gasteiger partial charge on any atom is 0.208 e. The number of sulfonamides is 1. The van der Waals surface area contributed by atoms with Crippen molar-refractivity contribution in [2.45, 2.75) is 39.2 Å². The van der Waals surface area contributed by atoms with Crippen LogP contribution in [0.4, 0.5) is 0 Å². The smallest absolute Gasteiger partial charge is 0.208 e. The average molecular weight is 411 g/mol. The Balaban J connectivity index is 1.90. The lowest BCUT2D eigenvalue weighted by molar-refractivity contribution is -0.0250. The van der Waals surface area contributed by atoms with Gasteiger partial charge in [-0.1, -0.05) is 29.8 Å². The molecule has 7 nitrogen and oxygen atoms in total. The SMILES string of the molecule is CCNC(=NCC1CCCOC1c1ccc(C)cc1)NCCCNS(C)(=O)=O. The van der Waals surface area contributed by atoms with Crippen LogP contribution >= 0.6 is 0 Å².